The van der Waals surface area contributed by atoms with Gasteiger partial charge in [0.25, 0.3) is 0 Å². The van der Waals surface area contributed by atoms with E-state index in [-0.39, 0.29) is 10.8 Å². The van der Waals surface area contributed by atoms with E-state index in [0.29, 0.717) is 27.5 Å². The molecular formula is C15H12Cl3FO. The van der Waals surface area contributed by atoms with Crippen LogP contribution in [0, 0.1) is 12.7 Å². The van der Waals surface area contributed by atoms with Crippen molar-refractivity contribution in [3.8, 4) is 5.75 Å². The van der Waals surface area contributed by atoms with Gasteiger partial charge in [-0.15, -0.1) is 11.6 Å². The van der Waals surface area contributed by atoms with E-state index in [1.807, 2.05) is 0 Å². The summed E-state index contributed by atoms with van der Waals surface area (Å²) in [4.78, 5) is 0. The lowest BCUT2D eigenvalue weighted by molar-refractivity contribution is 0.410. The zero-order valence-electron chi connectivity index (χ0n) is 10.9. The van der Waals surface area contributed by atoms with Gasteiger partial charge in [0.1, 0.15) is 11.6 Å². The Labute approximate surface area is 132 Å². The van der Waals surface area contributed by atoms with Gasteiger partial charge >= 0.3 is 0 Å². The van der Waals surface area contributed by atoms with Crippen molar-refractivity contribution in [2.75, 3.05) is 7.11 Å². The Morgan fingerprint density at radius 1 is 1.10 bits per heavy atom. The van der Waals surface area contributed by atoms with E-state index in [1.165, 1.54) is 6.07 Å². The maximum atomic E-state index is 13.5. The molecule has 106 valence electrons. The first-order valence-corrected chi connectivity index (χ1v) is 7.06. The van der Waals surface area contributed by atoms with Crippen LogP contribution in [0.3, 0.4) is 0 Å². The van der Waals surface area contributed by atoms with Crippen LogP contribution < -0.4 is 4.74 Å². The van der Waals surface area contributed by atoms with Crippen LogP contribution in [-0.4, -0.2) is 7.11 Å². The molecule has 0 fully saturated rings. The summed E-state index contributed by atoms with van der Waals surface area (Å²) in [6.45, 7) is 1.66. The van der Waals surface area contributed by atoms with E-state index < -0.39 is 5.38 Å². The summed E-state index contributed by atoms with van der Waals surface area (Å²) in [5, 5.41) is 0.243. The quantitative estimate of drug-likeness (QED) is 0.647. The van der Waals surface area contributed by atoms with Gasteiger partial charge in [0.05, 0.1) is 12.5 Å². The van der Waals surface area contributed by atoms with Crippen LogP contribution in [0.5, 0.6) is 5.75 Å². The van der Waals surface area contributed by atoms with Crippen molar-refractivity contribution in [3.63, 3.8) is 0 Å². The Hall–Kier alpha value is -0.960. The van der Waals surface area contributed by atoms with E-state index in [2.05, 4.69) is 0 Å². The molecule has 0 aliphatic rings. The number of hydrogen-bond acceptors (Lipinski definition) is 1. The molecule has 0 saturated carbocycles. The molecule has 0 radical (unpaired) electrons. The van der Waals surface area contributed by atoms with Crippen molar-refractivity contribution in [2.45, 2.75) is 12.3 Å². The molecule has 0 saturated heterocycles. The molecule has 1 unspecified atom stereocenters. The fourth-order valence-corrected chi connectivity index (χ4v) is 2.79. The number of methoxy groups -OCH3 is 1. The lowest BCUT2D eigenvalue weighted by Crippen LogP contribution is -2.00. The molecule has 0 aliphatic heterocycles. The van der Waals surface area contributed by atoms with Crippen LogP contribution in [0.2, 0.25) is 10.0 Å². The average molecular weight is 334 g/mol. The minimum absolute atomic E-state index is 0.273. The molecule has 2 rings (SSSR count). The third-order valence-corrected chi connectivity index (χ3v) is 4.05. The SMILES string of the molecule is COc1ccc(Cl)cc1C(Cl)c1cc(C)c(F)cc1Cl. The van der Waals surface area contributed by atoms with Crippen LogP contribution in [0.25, 0.3) is 0 Å². The smallest absolute Gasteiger partial charge is 0.127 e. The largest absolute Gasteiger partial charge is 0.496 e. The Bertz CT molecular complexity index is 643. The Balaban J connectivity index is 2.54. The second kappa shape index (κ2) is 6.21. The maximum Gasteiger partial charge on any atom is 0.127 e. The number of halogens is 4. The number of ether oxygens (including phenoxy) is 1. The third kappa shape index (κ3) is 3.03. The fraction of sp³-hybridized carbons (Fsp3) is 0.200. The molecule has 2 aromatic carbocycles. The second-order valence-corrected chi connectivity index (χ2v) is 5.65. The van der Waals surface area contributed by atoms with Crippen molar-refractivity contribution in [1.29, 1.82) is 0 Å². The molecule has 0 aliphatic carbocycles. The highest BCUT2D eigenvalue weighted by Crippen LogP contribution is 2.40. The van der Waals surface area contributed by atoms with Gasteiger partial charge in [-0.2, -0.15) is 0 Å². The monoisotopic (exact) mass is 332 g/mol. The third-order valence-electron chi connectivity index (χ3n) is 3.02. The van der Waals surface area contributed by atoms with Crippen LogP contribution in [0.4, 0.5) is 4.39 Å². The Kier molecular flexibility index (Phi) is 4.79. The average Bonchev–Trinajstić information content (AvgIpc) is 2.42. The van der Waals surface area contributed by atoms with Crippen LogP contribution in [0.15, 0.2) is 30.3 Å². The highest BCUT2D eigenvalue weighted by Gasteiger charge is 2.20. The number of alkyl halides is 1. The van der Waals surface area contributed by atoms with Crippen LogP contribution >= 0.6 is 34.8 Å². The van der Waals surface area contributed by atoms with Crippen LogP contribution in [0.1, 0.15) is 22.1 Å². The molecule has 0 bridgehead atoms. The normalized spacial score (nSPS) is 12.3. The Morgan fingerprint density at radius 3 is 2.45 bits per heavy atom. The maximum absolute atomic E-state index is 13.5. The van der Waals surface area contributed by atoms with Gasteiger partial charge in [-0.3, -0.25) is 0 Å². The molecule has 2 aromatic rings. The lowest BCUT2D eigenvalue weighted by Gasteiger charge is -2.17. The van der Waals surface area contributed by atoms with Crippen LogP contribution in [-0.2, 0) is 0 Å². The molecule has 0 N–H and O–H groups in total. The highest BCUT2D eigenvalue weighted by atomic mass is 35.5. The van der Waals surface area contributed by atoms with E-state index in [1.54, 1.807) is 38.3 Å². The minimum Gasteiger partial charge on any atom is -0.496 e. The summed E-state index contributed by atoms with van der Waals surface area (Å²) in [6, 6.07) is 8.06. The van der Waals surface area contributed by atoms with Gasteiger partial charge in [-0.1, -0.05) is 23.2 Å². The topological polar surface area (TPSA) is 9.23 Å². The number of benzene rings is 2. The fourth-order valence-electron chi connectivity index (χ4n) is 1.94. The van der Waals surface area contributed by atoms with Crippen molar-refractivity contribution >= 4 is 34.8 Å². The first-order chi connectivity index (χ1) is 9.43. The van der Waals surface area contributed by atoms with Gasteiger partial charge in [-0.25, -0.2) is 4.39 Å². The summed E-state index contributed by atoms with van der Waals surface area (Å²) in [5.41, 5.74) is 1.79. The van der Waals surface area contributed by atoms with E-state index in [9.17, 15) is 4.39 Å². The molecule has 20 heavy (non-hydrogen) atoms. The molecular weight excluding hydrogens is 322 g/mol. The molecule has 0 spiro atoms. The molecule has 1 nitrogen and oxygen atoms in total. The highest BCUT2D eigenvalue weighted by molar-refractivity contribution is 6.33. The first-order valence-electron chi connectivity index (χ1n) is 5.87. The number of hydrogen-bond donors (Lipinski definition) is 0. The van der Waals surface area contributed by atoms with Gasteiger partial charge < -0.3 is 4.74 Å². The van der Waals surface area contributed by atoms with Crippen molar-refractivity contribution in [1.82, 2.24) is 0 Å². The molecule has 0 aromatic heterocycles. The Morgan fingerprint density at radius 2 is 1.80 bits per heavy atom. The lowest BCUT2D eigenvalue weighted by atomic mass is 10.0. The van der Waals surface area contributed by atoms with Crippen molar-refractivity contribution in [3.05, 3.63) is 62.9 Å². The molecule has 5 heteroatoms. The predicted molar refractivity (Wildman–Crippen MR) is 81.8 cm³/mol. The summed E-state index contributed by atoms with van der Waals surface area (Å²) in [5.74, 6) is 0.244. The first kappa shape index (κ1) is 15.4. The van der Waals surface area contributed by atoms with E-state index in [4.69, 9.17) is 39.5 Å². The standard InChI is InChI=1S/C15H12Cl3FO/c1-8-5-10(12(17)7-13(8)19)15(18)11-6-9(16)3-4-14(11)20-2/h3-7,15H,1-2H3. The van der Waals surface area contributed by atoms with E-state index >= 15 is 0 Å². The number of aryl methyl sites for hydroxylation is 1. The van der Waals surface area contributed by atoms with Crippen molar-refractivity contribution < 1.29 is 9.13 Å². The van der Waals surface area contributed by atoms with Gasteiger partial charge in [0.15, 0.2) is 0 Å². The zero-order valence-corrected chi connectivity index (χ0v) is 13.2. The summed E-state index contributed by atoms with van der Waals surface area (Å²) < 4.78 is 18.7. The molecule has 0 heterocycles. The predicted octanol–water partition coefficient (Wildman–Crippen LogP) is 5.78. The van der Waals surface area contributed by atoms with Gasteiger partial charge in [0.2, 0.25) is 0 Å². The molecule has 0 amide bonds. The summed E-state index contributed by atoms with van der Waals surface area (Å²) in [6.07, 6.45) is 0. The van der Waals surface area contributed by atoms with Gasteiger partial charge in [-0.05, 0) is 48.4 Å². The molecule has 1 atom stereocenters. The number of rotatable bonds is 3. The summed E-state index contributed by atoms with van der Waals surface area (Å²) >= 11 is 18.5. The van der Waals surface area contributed by atoms with Crippen molar-refractivity contribution in [2.24, 2.45) is 0 Å². The summed E-state index contributed by atoms with van der Waals surface area (Å²) in [7, 11) is 1.55. The van der Waals surface area contributed by atoms with E-state index in [0.717, 1.165) is 0 Å². The zero-order chi connectivity index (χ0) is 14.9. The second-order valence-electron chi connectivity index (χ2n) is 4.37. The van der Waals surface area contributed by atoms with Gasteiger partial charge in [0, 0.05) is 15.6 Å². The minimum atomic E-state index is -0.574.